The Bertz CT molecular complexity index is 862. The maximum Gasteiger partial charge on any atom is 0.291 e. The summed E-state index contributed by atoms with van der Waals surface area (Å²) in [6, 6.07) is 19.6. The summed E-state index contributed by atoms with van der Waals surface area (Å²) in [6.45, 7) is 6.38. The predicted molar refractivity (Wildman–Crippen MR) is 102 cm³/mol. The summed E-state index contributed by atoms with van der Waals surface area (Å²) in [4.78, 5) is 12.5. The molecule has 1 N–H and O–H groups in total. The van der Waals surface area contributed by atoms with Crippen LogP contribution in [0.3, 0.4) is 0 Å². The highest BCUT2D eigenvalue weighted by atomic mass is 16.3. The van der Waals surface area contributed by atoms with Gasteiger partial charge in [0.05, 0.1) is 0 Å². The Balaban J connectivity index is 1.75. The number of carbonyl (C=O) groups excluding carboxylic acids is 1. The second-order valence-electron chi connectivity index (χ2n) is 6.42. The lowest BCUT2D eigenvalue weighted by atomic mass is 9.98. The van der Waals surface area contributed by atoms with Gasteiger partial charge in [0.1, 0.15) is 5.76 Å². The Morgan fingerprint density at radius 2 is 1.84 bits per heavy atom. The lowest BCUT2D eigenvalue weighted by molar-refractivity contribution is 0.0997. The molecule has 1 amide bonds. The highest BCUT2D eigenvalue weighted by molar-refractivity contribution is 6.02. The van der Waals surface area contributed by atoms with Gasteiger partial charge < -0.3 is 9.73 Å². The van der Waals surface area contributed by atoms with Gasteiger partial charge in [-0.15, -0.1) is 0 Å². The van der Waals surface area contributed by atoms with Gasteiger partial charge in [0.15, 0.2) is 5.76 Å². The molecule has 0 radical (unpaired) electrons. The maximum atomic E-state index is 12.5. The minimum absolute atomic E-state index is 0.236. The van der Waals surface area contributed by atoms with Crippen LogP contribution >= 0.6 is 0 Å². The number of carbonyl (C=O) groups is 1. The van der Waals surface area contributed by atoms with E-state index < -0.39 is 0 Å². The van der Waals surface area contributed by atoms with Crippen LogP contribution in [0, 0.1) is 6.92 Å². The number of hydrogen-bond donors (Lipinski definition) is 1. The van der Waals surface area contributed by atoms with Crippen molar-refractivity contribution in [2.45, 2.75) is 33.1 Å². The van der Waals surface area contributed by atoms with E-state index in [0.29, 0.717) is 17.4 Å². The first-order valence-electron chi connectivity index (χ1n) is 8.65. The van der Waals surface area contributed by atoms with Gasteiger partial charge in [-0.25, -0.2) is 0 Å². The molecule has 3 nitrogen and oxygen atoms in total. The normalized spacial score (nSPS) is 12.0. The first-order valence-corrected chi connectivity index (χ1v) is 8.65. The van der Waals surface area contributed by atoms with Gasteiger partial charge in [-0.3, -0.25) is 4.79 Å². The van der Waals surface area contributed by atoms with Crippen LogP contribution in [0.15, 0.2) is 65.1 Å². The van der Waals surface area contributed by atoms with Crippen LogP contribution in [0.1, 0.15) is 47.9 Å². The number of benzene rings is 2. The van der Waals surface area contributed by atoms with Crippen LogP contribution in [0.4, 0.5) is 5.69 Å². The molecular weight excluding hydrogens is 310 g/mol. The van der Waals surface area contributed by atoms with Crippen molar-refractivity contribution in [1.29, 1.82) is 0 Å². The zero-order valence-electron chi connectivity index (χ0n) is 14.9. The zero-order valence-corrected chi connectivity index (χ0v) is 14.9. The molecular formula is C22H23NO2. The van der Waals surface area contributed by atoms with E-state index in [1.165, 1.54) is 11.1 Å². The summed E-state index contributed by atoms with van der Waals surface area (Å²) in [7, 11) is 0. The number of amides is 1. The van der Waals surface area contributed by atoms with E-state index in [2.05, 4.69) is 25.2 Å². The molecule has 1 unspecified atom stereocenters. The van der Waals surface area contributed by atoms with Crippen molar-refractivity contribution in [1.82, 2.24) is 0 Å². The predicted octanol–water partition coefficient (Wildman–Crippen LogP) is 6.02. The molecule has 0 fully saturated rings. The lowest BCUT2D eigenvalue weighted by Crippen LogP contribution is -2.11. The molecule has 0 saturated carbocycles. The lowest BCUT2D eigenvalue weighted by Gasteiger charge is -2.11. The van der Waals surface area contributed by atoms with Crippen molar-refractivity contribution >= 4 is 11.6 Å². The molecule has 25 heavy (non-hydrogen) atoms. The average molecular weight is 333 g/mol. The Kier molecular flexibility index (Phi) is 5.03. The average Bonchev–Trinajstić information content (AvgIpc) is 3.12. The van der Waals surface area contributed by atoms with Crippen LogP contribution in [0.2, 0.25) is 0 Å². The largest absolute Gasteiger partial charge is 0.451 e. The molecule has 128 valence electrons. The second-order valence-corrected chi connectivity index (χ2v) is 6.42. The SMILES string of the molecule is CCC(C)c1cccc(NC(=O)c2ccc(-c3ccc(C)cc3)o2)c1. The monoisotopic (exact) mass is 333 g/mol. The summed E-state index contributed by atoms with van der Waals surface area (Å²) >= 11 is 0. The highest BCUT2D eigenvalue weighted by Gasteiger charge is 2.13. The first-order chi connectivity index (χ1) is 12.1. The fraction of sp³-hybridized carbons (Fsp3) is 0.227. The van der Waals surface area contributed by atoms with Crippen LogP contribution in [0.25, 0.3) is 11.3 Å². The second kappa shape index (κ2) is 7.39. The molecule has 1 aromatic heterocycles. The van der Waals surface area contributed by atoms with E-state index >= 15 is 0 Å². The molecule has 1 atom stereocenters. The topological polar surface area (TPSA) is 42.2 Å². The minimum Gasteiger partial charge on any atom is -0.451 e. The molecule has 0 aliphatic carbocycles. The Hall–Kier alpha value is -2.81. The van der Waals surface area contributed by atoms with Crippen LogP contribution in [0.5, 0.6) is 0 Å². The summed E-state index contributed by atoms with van der Waals surface area (Å²) in [5, 5.41) is 2.92. The Morgan fingerprint density at radius 1 is 1.08 bits per heavy atom. The molecule has 2 aromatic carbocycles. The van der Waals surface area contributed by atoms with Gasteiger partial charge >= 0.3 is 0 Å². The smallest absolute Gasteiger partial charge is 0.291 e. The van der Waals surface area contributed by atoms with Crippen LogP contribution < -0.4 is 5.32 Å². The van der Waals surface area contributed by atoms with Gasteiger partial charge in [0, 0.05) is 11.3 Å². The molecule has 3 rings (SSSR count). The fourth-order valence-electron chi connectivity index (χ4n) is 2.68. The van der Waals surface area contributed by atoms with E-state index in [4.69, 9.17) is 4.42 Å². The molecule has 3 heteroatoms. The van der Waals surface area contributed by atoms with Crippen molar-refractivity contribution in [3.8, 4) is 11.3 Å². The number of furan rings is 1. The van der Waals surface area contributed by atoms with Gasteiger partial charge in [0.25, 0.3) is 5.91 Å². The maximum absolute atomic E-state index is 12.5. The summed E-state index contributed by atoms with van der Waals surface area (Å²) < 4.78 is 5.73. The molecule has 3 aromatic rings. The van der Waals surface area contributed by atoms with Crippen LogP contribution in [-0.2, 0) is 0 Å². The molecule has 0 saturated heterocycles. The third-order valence-corrected chi connectivity index (χ3v) is 4.49. The van der Waals surface area contributed by atoms with Crippen molar-refractivity contribution < 1.29 is 9.21 Å². The molecule has 1 heterocycles. The van der Waals surface area contributed by atoms with Gasteiger partial charge in [-0.2, -0.15) is 0 Å². The number of nitrogens with one attached hydrogen (secondary N) is 1. The van der Waals surface area contributed by atoms with E-state index in [-0.39, 0.29) is 5.91 Å². The minimum atomic E-state index is -0.236. The standard InChI is InChI=1S/C22H23NO2/c1-4-16(3)18-6-5-7-19(14-18)23-22(24)21-13-12-20(25-21)17-10-8-15(2)9-11-17/h5-14,16H,4H2,1-3H3,(H,23,24). The van der Waals surface area contributed by atoms with Crippen LogP contribution in [-0.4, -0.2) is 5.91 Å². The zero-order chi connectivity index (χ0) is 17.8. The van der Waals surface area contributed by atoms with E-state index in [1.807, 2.05) is 55.5 Å². The molecule has 0 spiro atoms. The van der Waals surface area contributed by atoms with Crippen molar-refractivity contribution in [3.63, 3.8) is 0 Å². The Morgan fingerprint density at radius 3 is 2.56 bits per heavy atom. The van der Waals surface area contributed by atoms with E-state index in [9.17, 15) is 4.79 Å². The number of hydrogen-bond acceptors (Lipinski definition) is 2. The number of anilines is 1. The highest BCUT2D eigenvalue weighted by Crippen LogP contribution is 2.24. The fourth-order valence-corrected chi connectivity index (χ4v) is 2.68. The molecule has 0 aliphatic rings. The van der Waals surface area contributed by atoms with Crippen molar-refractivity contribution in [3.05, 3.63) is 77.6 Å². The number of rotatable bonds is 5. The summed E-state index contributed by atoms with van der Waals surface area (Å²) in [5.41, 5.74) is 4.16. The van der Waals surface area contributed by atoms with Crippen molar-refractivity contribution in [2.75, 3.05) is 5.32 Å². The van der Waals surface area contributed by atoms with Gasteiger partial charge in [0.2, 0.25) is 0 Å². The summed E-state index contributed by atoms with van der Waals surface area (Å²) in [6.07, 6.45) is 1.06. The third kappa shape index (κ3) is 4.00. The van der Waals surface area contributed by atoms with Crippen molar-refractivity contribution in [2.24, 2.45) is 0 Å². The van der Waals surface area contributed by atoms with Gasteiger partial charge in [-0.05, 0) is 49.1 Å². The Labute approximate surface area is 148 Å². The number of aryl methyl sites for hydroxylation is 1. The quantitative estimate of drug-likeness (QED) is 0.620. The molecule has 0 aliphatic heterocycles. The molecule has 0 bridgehead atoms. The van der Waals surface area contributed by atoms with E-state index in [1.54, 1.807) is 6.07 Å². The summed E-state index contributed by atoms with van der Waals surface area (Å²) in [5.74, 6) is 1.23. The van der Waals surface area contributed by atoms with E-state index in [0.717, 1.165) is 17.7 Å². The first kappa shape index (κ1) is 17.0. The van der Waals surface area contributed by atoms with Gasteiger partial charge in [-0.1, -0.05) is 55.8 Å². The third-order valence-electron chi connectivity index (χ3n) is 4.49.